The van der Waals surface area contributed by atoms with E-state index < -0.39 is 10.0 Å². The van der Waals surface area contributed by atoms with Crippen LogP contribution in [0.5, 0.6) is 0 Å². The molecule has 112 valence electrons. The molecule has 0 heterocycles. The van der Waals surface area contributed by atoms with Crippen LogP contribution in [0, 0.1) is 0 Å². The lowest BCUT2D eigenvalue weighted by atomic mass is 10.1. The molecule has 1 aromatic rings. The van der Waals surface area contributed by atoms with E-state index in [1.807, 2.05) is 0 Å². The van der Waals surface area contributed by atoms with E-state index in [-0.39, 0.29) is 11.8 Å². The van der Waals surface area contributed by atoms with Crippen LogP contribution in [-0.2, 0) is 15.8 Å². The van der Waals surface area contributed by atoms with Gasteiger partial charge in [0.25, 0.3) is 0 Å². The average Bonchev–Trinajstić information content (AvgIpc) is 2.62. The molecule has 0 unspecified atom stereocenters. The fraction of sp³-hybridized carbons (Fsp3) is 0.571. The summed E-state index contributed by atoms with van der Waals surface area (Å²) in [5.41, 5.74) is 0.469. The molecule has 1 N–H and O–H groups in total. The van der Waals surface area contributed by atoms with Gasteiger partial charge < -0.3 is 0 Å². The molecule has 6 heteroatoms. The second-order valence-corrected chi connectivity index (χ2v) is 7.83. The van der Waals surface area contributed by atoms with Crippen LogP contribution in [0.1, 0.15) is 44.1 Å². The number of rotatable bonds is 4. The zero-order valence-electron chi connectivity index (χ0n) is 11.2. The Balaban J connectivity index is 2.07. The van der Waals surface area contributed by atoms with Gasteiger partial charge in [-0.05, 0) is 25.0 Å². The molecule has 0 spiro atoms. The smallest absolute Gasteiger partial charge is 0.212 e. The van der Waals surface area contributed by atoms with Crippen molar-refractivity contribution in [2.75, 3.05) is 0 Å². The summed E-state index contributed by atoms with van der Waals surface area (Å²) in [7, 11) is -3.41. The molecule has 0 bridgehead atoms. The largest absolute Gasteiger partial charge is 0.216 e. The van der Waals surface area contributed by atoms with Crippen LogP contribution in [0.25, 0.3) is 0 Å². The van der Waals surface area contributed by atoms with Crippen molar-refractivity contribution in [3.05, 3.63) is 33.8 Å². The summed E-state index contributed by atoms with van der Waals surface area (Å²) in [5, 5.41) is 0.785. The number of sulfonamides is 1. The molecule has 1 fully saturated rings. The number of benzene rings is 1. The minimum atomic E-state index is -3.41. The molecule has 1 saturated carbocycles. The predicted molar refractivity (Wildman–Crippen MR) is 83.7 cm³/mol. The fourth-order valence-corrected chi connectivity index (χ4v) is 4.76. The van der Waals surface area contributed by atoms with Crippen LogP contribution < -0.4 is 4.72 Å². The molecule has 0 aliphatic heterocycles. The van der Waals surface area contributed by atoms with Crippen LogP contribution in [0.15, 0.2) is 18.2 Å². The third-order valence-corrected chi connectivity index (χ3v) is 5.67. The van der Waals surface area contributed by atoms with Crippen LogP contribution in [-0.4, -0.2) is 14.5 Å². The van der Waals surface area contributed by atoms with Crippen molar-refractivity contribution in [3.63, 3.8) is 0 Å². The summed E-state index contributed by atoms with van der Waals surface area (Å²) in [6.45, 7) is 0. The molecule has 2 rings (SSSR count). The highest BCUT2D eigenvalue weighted by atomic mass is 35.5. The van der Waals surface area contributed by atoms with Crippen LogP contribution in [0.3, 0.4) is 0 Å². The van der Waals surface area contributed by atoms with Crippen molar-refractivity contribution in [3.8, 4) is 0 Å². The molecule has 0 atom stereocenters. The van der Waals surface area contributed by atoms with Crippen molar-refractivity contribution < 1.29 is 8.42 Å². The van der Waals surface area contributed by atoms with Gasteiger partial charge in [-0.3, -0.25) is 0 Å². The van der Waals surface area contributed by atoms with Gasteiger partial charge in [0.15, 0.2) is 0 Å². The Morgan fingerprint density at radius 2 is 1.60 bits per heavy atom. The summed E-state index contributed by atoms with van der Waals surface area (Å²) in [6, 6.07) is 5.07. The molecule has 0 saturated heterocycles. The molecule has 20 heavy (non-hydrogen) atoms. The highest BCUT2D eigenvalue weighted by molar-refractivity contribution is 7.88. The lowest BCUT2D eigenvalue weighted by Gasteiger charge is -2.17. The number of halogens is 2. The number of nitrogens with one attached hydrogen (secondary N) is 1. The van der Waals surface area contributed by atoms with Crippen LogP contribution in [0.4, 0.5) is 0 Å². The Hall–Kier alpha value is -0.290. The van der Waals surface area contributed by atoms with Crippen molar-refractivity contribution in [1.82, 2.24) is 4.72 Å². The topological polar surface area (TPSA) is 46.2 Å². The third-order valence-electron chi connectivity index (χ3n) is 3.60. The second kappa shape index (κ2) is 7.12. The molecule has 0 aromatic heterocycles. The van der Waals surface area contributed by atoms with Gasteiger partial charge in [-0.2, -0.15) is 0 Å². The molecule has 1 aliphatic carbocycles. The maximum atomic E-state index is 12.3. The van der Waals surface area contributed by atoms with Gasteiger partial charge >= 0.3 is 0 Å². The predicted octanol–water partition coefficient (Wildman–Crippen LogP) is 4.14. The van der Waals surface area contributed by atoms with Crippen molar-refractivity contribution in [2.24, 2.45) is 0 Å². The van der Waals surface area contributed by atoms with Crippen LogP contribution in [0.2, 0.25) is 10.0 Å². The van der Waals surface area contributed by atoms with Gasteiger partial charge in [-0.25, -0.2) is 13.1 Å². The maximum Gasteiger partial charge on any atom is 0.216 e. The Labute approximate surface area is 130 Å². The Morgan fingerprint density at radius 3 is 2.15 bits per heavy atom. The standard InChI is InChI=1S/C14H19Cl2NO2S/c15-13-8-5-9-14(16)12(13)10-20(18,19)17-11-6-3-1-2-4-7-11/h5,8-9,11,17H,1-4,6-7,10H2. The van der Waals surface area contributed by atoms with Gasteiger partial charge in [-0.15, -0.1) is 0 Å². The summed E-state index contributed by atoms with van der Waals surface area (Å²) in [5.74, 6) is -0.165. The van der Waals surface area contributed by atoms with E-state index >= 15 is 0 Å². The lowest BCUT2D eigenvalue weighted by molar-refractivity contribution is 0.509. The monoisotopic (exact) mass is 335 g/mol. The zero-order chi connectivity index (χ0) is 14.6. The van der Waals surface area contributed by atoms with Gasteiger partial charge in [0.05, 0.1) is 5.75 Å². The van der Waals surface area contributed by atoms with E-state index in [9.17, 15) is 8.42 Å². The highest BCUT2D eigenvalue weighted by Crippen LogP contribution is 2.26. The zero-order valence-corrected chi connectivity index (χ0v) is 13.6. The average molecular weight is 336 g/mol. The number of hydrogen-bond acceptors (Lipinski definition) is 2. The molecule has 0 radical (unpaired) electrons. The molecular weight excluding hydrogens is 317 g/mol. The first kappa shape index (κ1) is 16.1. The Morgan fingerprint density at radius 1 is 1.05 bits per heavy atom. The Kier molecular flexibility index (Phi) is 5.73. The van der Waals surface area contributed by atoms with Gasteiger partial charge in [0.1, 0.15) is 0 Å². The molecule has 0 amide bonds. The van der Waals surface area contributed by atoms with E-state index in [0.717, 1.165) is 25.7 Å². The van der Waals surface area contributed by atoms with Crippen molar-refractivity contribution in [1.29, 1.82) is 0 Å². The summed E-state index contributed by atoms with van der Waals surface area (Å²) in [6.07, 6.45) is 6.37. The van der Waals surface area contributed by atoms with Gasteiger partial charge in [0.2, 0.25) is 10.0 Å². The highest BCUT2D eigenvalue weighted by Gasteiger charge is 2.21. The summed E-state index contributed by atoms with van der Waals surface area (Å²) < 4.78 is 27.3. The van der Waals surface area contributed by atoms with E-state index in [2.05, 4.69) is 4.72 Å². The first-order valence-corrected chi connectivity index (χ1v) is 9.32. The first-order valence-electron chi connectivity index (χ1n) is 6.91. The lowest BCUT2D eigenvalue weighted by Crippen LogP contribution is -2.35. The Bertz CT molecular complexity index is 532. The van der Waals surface area contributed by atoms with E-state index in [1.54, 1.807) is 18.2 Å². The molecule has 1 aliphatic rings. The minimum absolute atomic E-state index is 0.0452. The molecular formula is C14H19Cl2NO2S. The molecule has 3 nitrogen and oxygen atoms in total. The van der Waals surface area contributed by atoms with Crippen molar-refractivity contribution in [2.45, 2.75) is 50.3 Å². The van der Waals surface area contributed by atoms with Gasteiger partial charge in [0, 0.05) is 21.7 Å². The molecule has 1 aromatic carbocycles. The SMILES string of the molecule is O=S(=O)(Cc1c(Cl)cccc1Cl)NC1CCCCCC1. The van der Waals surface area contributed by atoms with E-state index in [4.69, 9.17) is 23.2 Å². The van der Waals surface area contributed by atoms with E-state index in [0.29, 0.717) is 15.6 Å². The fourth-order valence-electron chi connectivity index (χ4n) is 2.55. The van der Waals surface area contributed by atoms with Crippen LogP contribution >= 0.6 is 23.2 Å². The second-order valence-electron chi connectivity index (χ2n) is 5.27. The summed E-state index contributed by atoms with van der Waals surface area (Å²) in [4.78, 5) is 0. The minimum Gasteiger partial charge on any atom is -0.212 e. The van der Waals surface area contributed by atoms with Crippen molar-refractivity contribution >= 4 is 33.2 Å². The van der Waals surface area contributed by atoms with Gasteiger partial charge in [-0.1, -0.05) is 55.0 Å². The number of hydrogen-bond donors (Lipinski definition) is 1. The quantitative estimate of drug-likeness (QED) is 0.840. The normalized spacial score (nSPS) is 17.9. The summed E-state index contributed by atoms with van der Waals surface area (Å²) >= 11 is 12.1. The van der Waals surface area contributed by atoms with E-state index in [1.165, 1.54) is 12.8 Å². The maximum absolute atomic E-state index is 12.3. The third kappa shape index (κ3) is 4.62. The first-order chi connectivity index (χ1) is 9.48.